The molecule has 19 heavy (non-hydrogen) atoms. The maximum atomic E-state index is 10.5. The molecule has 0 saturated heterocycles. The number of nitrogens with zero attached hydrogens (tertiary/aromatic N) is 2. The zero-order valence-corrected chi connectivity index (χ0v) is 10.8. The third-order valence-electron chi connectivity index (χ3n) is 3.63. The van der Waals surface area contributed by atoms with Crippen molar-refractivity contribution in [1.82, 2.24) is 0 Å². The van der Waals surface area contributed by atoms with E-state index in [-0.39, 0.29) is 5.75 Å². The zero-order chi connectivity index (χ0) is 13.6. The second-order valence-corrected chi connectivity index (χ2v) is 4.79. The number of fused-ring (bicyclic) bond motifs is 2. The van der Waals surface area contributed by atoms with E-state index in [2.05, 4.69) is 4.98 Å². The van der Waals surface area contributed by atoms with Gasteiger partial charge in [0.25, 0.3) is 0 Å². The summed E-state index contributed by atoms with van der Waals surface area (Å²) in [6, 6.07) is 11.4. The number of phenolic OH excluding ortho intramolecular Hbond substituents is 1. The quantitative estimate of drug-likeness (QED) is 0.459. The Morgan fingerprint density at radius 1 is 0.895 bits per heavy atom. The number of aryl methyl sites for hydroxylation is 2. The van der Waals surface area contributed by atoms with E-state index in [0.29, 0.717) is 11.1 Å². The Kier molecular flexibility index (Phi) is 2.39. The third kappa shape index (κ3) is 1.47. The van der Waals surface area contributed by atoms with Crippen molar-refractivity contribution in [2.24, 2.45) is 0 Å². The highest BCUT2D eigenvalue weighted by Gasteiger charge is 2.23. The molecule has 3 aromatic carbocycles. The minimum absolute atomic E-state index is 0.249. The largest absolute Gasteiger partial charge is 0.507 e. The number of hydrogen-bond acceptors (Lipinski definition) is 2. The van der Waals surface area contributed by atoms with E-state index in [4.69, 9.17) is 0 Å². The predicted octanol–water partition coefficient (Wildman–Crippen LogP) is 4.80. The Labute approximate surface area is 110 Å². The van der Waals surface area contributed by atoms with Gasteiger partial charge in [0, 0.05) is 10.8 Å². The minimum Gasteiger partial charge on any atom is -0.507 e. The molecule has 0 aliphatic carbocycles. The lowest BCUT2D eigenvalue weighted by molar-refractivity contribution is 0.487. The molecule has 0 spiro atoms. The molecule has 0 bridgehead atoms. The first-order valence-electron chi connectivity index (χ1n) is 6.14. The van der Waals surface area contributed by atoms with Crippen molar-refractivity contribution in [1.29, 1.82) is 5.39 Å². The van der Waals surface area contributed by atoms with Gasteiger partial charge < -0.3 is 5.11 Å². The van der Waals surface area contributed by atoms with Crippen molar-refractivity contribution in [3.63, 3.8) is 0 Å². The van der Waals surface area contributed by atoms with Crippen LogP contribution in [0, 0.1) is 19.2 Å². The van der Waals surface area contributed by atoms with Crippen molar-refractivity contribution < 1.29 is 5.11 Å². The standard InChI is InChI=1S/C16H12N2O/c1-9-7-8-10(2)14-13(9)15(18-17)11-5-3-4-6-12(11)16(14)19/h3-8H,1-2H3/p+1. The summed E-state index contributed by atoms with van der Waals surface area (Å²) in [6.45, 7) is 3.89. The van der Waals surface area contributed by atoms with Crippen LogP contribution in [-0.2, 0) is 0 Å². The van der Waals surface area contributed by atoms with Crippen LogP contribution in [0.1, 0.15) is 11.1 Å². The molecule has 0 unspecified atom stereocenters. The topological polar surface area (TPSA) is 48.4 Å². The van der Waals surface area contributed by atoms with E-state index in [1.807, 2.05) is 50.2 Å². The van der Waals surface area contributed by atoms with E-state index in [1.165, 1.54) is 0 Å². The molecule has 0 radical (unpaired) electrons. The smallest absolute Gasteiger partial charge is 0.401 e. The van der Waals surface area contributed by atoms with Gasteiger partial charge in [-0.25, -0.2) is 0 Å². The Morgan fingerprint density at radius 3 is 2.11 bits per heavy atom. The Morgan fingerprint density at radius 2 is 1.47 bits per heavy atom. The first-order chi connectivity index (χ1) is 9.15. The number of rotatable bonds is 0. The molecule has 0 saturated carbocycles. The van der Waals surface area contributed by atoms with Crippen LogP contribution in [0.25, 0.3) is 26.5 Å². The van der Waals surface area contributed by atoms with E-state index in [0.717, 1.165) is 27.3 Å². The fourth-order valence-electron chi connectivity index (χ4n) is 2.69. The molecule has 3 rings (SSSR count). The molecule has 0 amide bonds. The van der Waals surface area contributed by atoms with Crippen LogP contribution >= 0.6 is 0 Å². The van der Waals surface area contributed by atoms with E-state index in [1.54, 1.807) is 0 Å². The fraction of sp³-hybridized carbons (Fsp3) is 0.125. The molecule has 3 nitrogen and oxygen atoms in total. The molecule has 3 aromatic rings. The molecule has 0 atom stereocenters. The Hall–Kier alpha value is -2.60. The van der Waals surface area contributed by atoms with Crippen LogP contribution in [0.4, 0.5) is 5.69 Å². The molecule has 3 heteroatoms. The zero-order valence-electron chi connectivity index (χ0n) is 10.8. The summed E-state index contributed by atoms with van der Waals surface area (Å²) < 4.78 is 0. The minimum atomic E-state index is 0.249. The first kappa shape index (κ1) is 11.5. The number of aromatic hydroxyl groups is 1. The second kappa shape index (κ2) is 3.96. The summed E-state index contributed by atoms with van der Waals surface area (Å²) in [5, 5.41) is 22.9. The maximum Gasteiger partial charge on any atom is 0.401 e. The lowest BCUT2D eigenvalue weighted by Gasteiger charge is -2.08. The maximum absolute atomic E-state index is 10.5. The van der Waals surface area contributed by atoms with Gasteiger partial charge in [-0.05, 0) is 31.0 Å². The molecular formula is C16H13N2O+. The number of phenols is 1. The number of benzene rings is 3. The first-order valence-corrected chi connectivity index (χ1v) is 6.14. The monoisotopic (exact) mass is 249 g/mol. The lowest BCUT2D eigenvalue weighted by Crippen LogP contribution is -1.86. The second-order valence-electron chi connectivity index (χ2n) is 4.79. The van der Waals surface area contributed by atoms with Gasteiger partial charge in [-0.2, -0.15) is 0 Å². The van der Waals surface area contributed by atoms with Crippen molar-refractivity contribution in [3.8, 4) is 5.75 Å². The van der Waals surface area contributed by atoms with Gasteiger partial charge in [-0.3, -0.25) is 0 Å². The van der Waals surface area contributed by atoms with Crippen molar-refractivity contribution in [3.05, 3.63) is 52.5 Å². The van der Waals surface area contributed by atoms with Crippen LogP contribution in [0.15, 0.2) is 36.4 Å². The highest BCUT2D eigenvalue weighted by molar-refractivity contribution is 6.17. The summed E-state index contributed by atoms with van der Waals surface area (Å²) in [7, 11) is 0. The Bertz CT molecular complexity index is 860. The molecule has 0 heterocycles. The molecule has 0 aliphatic rings. The summed E-state index contributed by atoms with van der Waals surface area (Å²) in [6.07, 6.45) is 0. The summed E-state index contributed by atoms with van der Waals surface area (Å²) in [4.78, 5) is 3.46. The van der Waals surface area contributed by atoms with Gasteiger partial charge in [-0.1, -0.05) is 30.3 Å². The normalized spacial score (nSPS) is 10.8. The molecule has 92 valence electrons. The fourth-order valence-corrected chi connectivity index (χ4v) is 2.69. The summed E-state index contributed by atoms with van der Waals surface area (Å²) in [5.74, 6) is 0.249. The number of diazo groups is 1. The van der Waals surface area contributed by atoms with Crippen LogP contribution in [0.3, 0.4) is 0 Å². The molecule has 0 fully saturated rings. The van der Waals surface area contributed by atoms with Gasteiger partial charge in [0.15, 0.2) is 4.98 Å². The van der Waals surface area contributed by atoms with E-state index < -0.39 is 0 Å². The summed E-state index contributed by atoms with van der Waals surface area (Å²) >= 11 is 0. The van der Waals surface area contributed by atoms with Gasteiger partial charge in [0.2, 0.25) is 5.39 Å². The van der Waals surface area contributed by atoms with Crippen LogP contribution < -0.4 is 0 Å². The van der Waals surface area contributed by atoms with Crippen LogP contribution in [-0.4, -0.2) is 5.11 Å². The lowest BCUT2D eigenvalue weighted by atomic mass is 9.94. The molecule has 0 aromatic heterocycles. The predicted molar refractivity (Wildman–Crippen MR) is 77.3 cm³/mol. The SMILES string of the molecule is Cc1ccc(C)c2c([N+]#N)c3ccccc3c(O)c12. The molecule has 0 aliphatic heterocycles. The van der Waals surface area contributed by atoms with Crippen molar-refractivity contribution in [2.45, 2.75) is 13.8 Å². The van der Waals surface area contributed by atoms with Crippen LogP contribution in [0.5, 0.6) is 5.75 Å². The average Bonchev–Trinajstić information content (AvgIpc) is 2.43. The highest BCUT2D eigenvalue weighted by Crippen LogP contribution is 2.44. The number of hydrogen-bond donors (Lipinski definition) is 1. The Balaban J connectivity index is 2.76. The van der Waals surface area contributed by atoms with Gasteiger partial charge >= 0.3 is 5.69 Å². The van der Waals surface area contributed by atoms with Gasteiger partial charge in [0.1, 0.15) is 5.75 Å². The molecular weight excluding hydrogens is 236 g/mol. The van der Waals surface area contributed by atoms with E-state index >= 15 is 0 Å². The van der Waals surface area contributed by atoms with Crippen molar-refractivity contribution >= 4 is 27.2 Å². The van der Waals surface area contributed by atoms with Crippen LogP contribution in [0.2, 0.25) is 0 Å². The molecule has 1 N–H and O–H groups in total. The highest BCUT2D eigenvalue weighted by atomic mass is 16.3. The van der Waals surface area contributed by atoms with E-state index in [9.17, 15) is 10.5 Å². The van der Waals surface area contributed by atoms with Gasteiger partial charge in [0.05, 0.1) is 10.8 Å². The van der Waals surface area contributed by atoms with Crippen molar-refractivity contribution in [2.75, 3.05) is 0 Å². The summed E-state index contributed by atoms with van der Waals surface area (Å²) in [5.41, 5.74) is 2.47. The third-order valence-corrected chi connectivity index (χ3v) is 3.63. The average molecular weight is 249 g/mol. The van der Waals surface area contributed by atoms with Gasteiger partial charge in [-0.15, -0.1) is 0 Å².